The molecule has 5 unspecified atom stereocenters. The monoisotopic (exact) mass is 832 g/mol. The zero-order valence-electron chi connectivity index (χ0n) is 36.2. The summed E-state index contributed by atoms with van der Waals surface area (Å²) in [5.74, 6) is -3.19. The molecule has 6 atom stereocenters. The highest BCUT2D eigenvalue weighted by Crippen LogP contribution is 2.12. The smallest absolute Gasteiger partial charge is 0.407 e. The van der Waals surface area contributed by atoms with Gasteiger partial charge in [-0.15, -0.1) is 0 Å². The van der Waals surface area contributed by atoms with Crippen LogP contribution >= 0.6 is 0 Å². The van der Waals surface area contributed by atoms with E-state index in [0.717, 1.165) is 5.56 Å². The summed E-state index contributed by atoms with van der Waals surface area (Å²) in [6.07, 6.45) is -2.52. The molecule has 0 saturated heterocycles. The number of carbonyl (C=O) groups is 6. The number of carbonyl (C=O) groups excluding carboxylic acids is 5. The molecule has 0 aliphatic heterocycles. The molecular weight excluding hydrogens is 764 g/mol. The molecule has 0 heterocycles. The molecule has 2 aromatic rings. The summed E-state index contributed by atoms with van der Waals surface area (Å²) in [4.78, 5) is 69.9. The molecule has 0 aliphatic carbocycles. The Labute approximate surface area is 348 Å². The van der Waals surface area contributed by atoms with Gasteiger partial charge in [0, 0.05) is 6.04 Å². The molecule has 59 heavy (non-hydrogen) atoms. The highest BCUT2D eigenvalue weighted by molar-refractivity contribution is 5.88. The van der Waals surface area contributed by atoms with Gasteiger partial charge in [-0.2, -0.15) is 0 Å². The number of aliphatic hydroxyl groups excluding tert-OH is 2. The molecule has 0 saturated carbocycles. The topological polar surface area (TPSA) is 268 Å². The van der Waals surface area contributed by atoms with Crippen LogP contribution in [0.3, 0.4) is 0 Å². The standard InChI is InChI=1S/C21H33N3O5.C13H24N2O6.C8H11N/c1-6-10-16(24-20(28)29-21(3,4)5)18(26)19(27)22-13-17(25)23-14(2)15-11-8-7-9-12-15;1-5-6-8(15-12(20)21-13(2,3)4)10(18)11(19)14-7-9(16)17;1-7(9)8-5-3-2-4-6-8/h7-9,11-12,14,16,18,26H,6,10,13H2,1-5H3,(H,22,27)(H,23,25)(H,24,28);8,10,18H,5-7H2,1-4H3,(H,14,19)(H,15,20)(H,16,17);2-7H,9H2,1H3/t14-,16?,18?;;/m1../s1. The Hall–Kier alpha value is -5.26. The van der Waals surface area contributed by atoms with Gasteiger partial charge in [0.15, 0.2) is 12.2 Å². The van der Waals surface area contributed by atoms with E-state index in [-0.39, 0.29) is 24.5 Å². The molecule has 0 aliphatic rings. The Morgan fingerprint density at radius 1 is 0.627 bits per heavy atom. The number of nitrogens with two attached hydrogens (primary N) is 1. The average molecular weight is 833 g/mol. The molecule has 17 nitrogen and oxygen atoms in total. The van der Waals surface area contributed by atoms with Crippen LogP contribution in [0.2, 0.25) is 0 Å². The third-order valence-electron chi connectivity index (χ3n) is 7.74. The molecule has 332 valence electrons. The number of amides is 5. The summed E-state index contributed by atoms with van der Waals surface area (Å²) in [6.45, 7) is 16.9. The predicted octanol–water partition coefficient (Wildman–Crippen LogP) is 3.98. The Morgan fingerprint density at radius 2 is 1.00 bits per heavy atom. The molecule has 0 radical (unpaired) electrons. The number of aliphatic carboxylic acids is 1. The number of nitrogens with one attached hydrogen (secondary N) is 5. The molecule has 0 aromatic heterocycles. The number of hydrogen-bond donors (Lipinski definition) is 9. The molecule has 0 fully saturated rings. The number of carboxylic acids is 1. The molecule has 0 bridgehead atoms. The number of rotatable bonds is 17. The molecule has 2 aromatic carbocycles. The highest BCUT2D eigenvalue weighted by Gasteiger charge is 2.30. The van der Waals surface area contributed by atoms with Crippen LogP contribution in [0.25, 0.3) is 0 Å². The van der Waals surface area contributed by atoms with Crippen LogP contribution < -0.4 is 32.3 Å². The van der Waals surface area contributed by atoms with Crippen LogP contribution in [-0.2, 0) is 28.7 Å². The quantitative estimate of drug-likeness (QED) is 0.110. The summed E-state index contributed by atoms with van der Waals surface area (Å²) >= 11 is 0. The number of benzene rings is 2. The van der Waals surface area contributed by atoms with Crippen molar-refractivity contribution < 1.29 is 53.6 Å². The number of ether oxygens (including phenoxy) is 2. The maximum atomic E-state index is 12.3. The zero-order chi connectivity index (χ0) is 45.3. The first-order chi connectivity index (χ1) is 27.4. The lowest BCUT2D eigenvalue weighted by molar-refractivity contribution is -0.140. The molecule has 5 amide bonds. The molecule has 17 heteroatoms. The van der Waals surface area contributed by atoms with Crippen molar-refractivity contribution in [2.24, 2.45) is 5.73 Å². The van der Waals surface area contributed by atoms with Gasteiger partial charge >= 0.3 is 18.2 Å². The lowest BCUT2D eigenvalue weighted by Crippen LogP contribution is -2.52. The maximum Gasteiger partial charge on any atom is 0.407 e. The Bertz CT molecular complexity index is 1560. The lowest BCUT2D eigenvalue weighted by Gasteiger charge is -2.26. The SMILES string of the molecule is CC(N)c1ccccc1.CCCC(NC(=O)OC(C)(C)C)C(O)C(=O)NCC(=O)N[C@H](C)c1ccccc1.CCCC(NC(=O)OC(C)(C)C)C(O)C(=O)NCC(=O)O. The van der Waals surface area contributed by atoms with Crippen molar-refractivity contribution in [2.45, 2.75) is 142 Å². The fourth-order valence-corrected chi connectivity index (χ4v) is 4.94. The van der Waals surface area contributed by atoms with E-state index in [1.807, 2.05) is 88.4 Å². The minimum atomic E-state index is -1.54. The van der Waals surface area contributed by atoms with Crippen LogP contribution in [0, 0.1) is 0 Å². The first kappa shape index (κ1) is 53.7. The van der Waals surface area contributed by atoms with Gasteiger partial charge in [-0.1, -0.05) is 87.4 Å². The number of alkyl carbamates (subject to hydrolysis) is 2. The fraction of sp³-hybridized carbons (Fsp3) is 0.571. The van der Waals surface area contributed by atoms with Crippen LogP contribution in [0.4, 0.5) is 9.59 Å². The van der Waals surface area contributed by atoms with Gasteiger partial charge in [0.1, 0.15) is 17.7 Å². The summed E-state index contributed by atoms with van der Waals surface area (Å²) in [5, 5.41) is 40.9. The van der Waals surface area contributed by atoms with Crippen molar-refractivity contribution in [1.82, 2.24) is 26.6 Å². The van der Waals surface area contributed by atoms with Crippen molar-refractivity contribution >= 4 is 35.9 Å². The Morgan fingerprint density at radius 3 is 1.32 bits per heavy atom. The van der Waals surface area contributed by atoms with Crippen LogP contribution in [0.15, 0.2) is 60.7 Å². The van der Waals surface area contributed by atoms with Gasteiger partial charge in [-0.3, -0.25) is 19.2 Å². The molecule has 10 N–H and O–H groups in total. The molecule has 0 spiro atoms. The molecular formula is C42H68N6O11. The number of carboxylic acid groups (broad SMARTS) is 1. The lowest BCUT2D eigenvalue weighted by atomic mass is 10.1. The molecule has 2 rings (SSSR count). The fourth-order valence-electron chi connectivity index (χ4n) is 4.94. The van der Waals surface area contributed by atoms with Crippen molar-refractivity contribution in [3.8, 4) is 0 Å². The van der Waals surface area contributed by atoms with Crippen LogP contribution in [-0.4, -0.2) is 99.8 Å². The van der Waals surface area contributed by atoms with Gasteiger partial charge < -0.3 is 57.1 Å². The van der Waals surface area contributed by atoms with Crippen molar-refractivity contribution in [3.63, 3.8) is 0 Å². The largest absolute Gasteiger partial charge is 0.480 e. The van der Waals surface area contributed by atoms with E-state index in [0.29, 0.717) is 25.7 Å². The van der Waals surface area contributed by atoms with Gasteiger partial charge in [-0.25, -0.2) is 9.59 Å². The van der Waals surface area contributed by atoms with E-state index < -0.39 is 72.0 Å². The van der Waals surface area contributed by atoms with E-state index in [1.165, 1.54) is 5.56 Å². The summed E-state index contributed by atoms with van der Waals surface area (Å²) in [7, 11) is 0. The summed E-state index contributed by atoms with van der Waals surface area (Å²) in [5.41, 5.74) is 6.36. The Kier molecular flexibility index (Phi) is 25.0. The van der Waals surface area contributed by atoms with Gasteiger partial charge in [0.2, 0.25) is 5.91 Å². The van der Waals surface area contributed by atoms with Crippen molar-refractivity contribution in [3.05, 3.63) is 71.8 Å². The zero-order valence-corrected chi connectivity index (χ0v) is 36.2. The minimum absolute atomic E-state index is 0.159. The second-order valence-electron chi connectivity index (χ2n) is 15.7. The van der Waals surface area contributed by atoms with E-state index >= 15 is 0 Å². The van der Waals surface area contributed by atoms with Crippen molar-refractivity contribution in [2.75, 3.05) is 13.1 Å². The van der Waals surface area contributed by atoms with Gasteiger partial charge in [0.05, 0.1) is 24.7 Å². The second kappa shape index (κ2) is 27.4. The van der Waals surface area contributed by atoms with Crippen molar-refractivity contribution in [1.29, 1.82) is 0 Å². The number of hydrogen-bond acceptors (Lipinski definition) is 11. The first-order valence-corrected chi connectivity index (χ1v) is 19.7. The third kappa shape index (κ3) is 25.7. The van der Waals surface area contributed by atoms with E-state index in [1.54, 1.807) is 41.5 Å². The maximum absolute atomic E-state index is 12.3. The van der Waals surface area contributed by atoms with E-state index in [9.17, 15) is 39.0 Å². The normalized spacial score (nSPS) is 14.0. The van der Waals surface area contributed by atoms with Crippen LogP contribution in [0.5, 0.6) is 0 Å². The third-order valence-corrected chi connectivity index (χ3v) is 7.74. The first-order valence-electron chi connectivity index (χ1n) is 19.7. The second-order valence-corrected chi connectivity index (χ2v) is 15.7. The Balaban J connectivity index is 0.000000970. The van der Waals surface area contributed by atoms with Gasteiger partial charge in [0.25, 0.3) is 11.8 Å². The van der Waals surface area contributed by atoms with E-state index in [4.69, 9.17) is 20.3 Å². The number of aliphatic hydroxyl groups is 2. The van der Waals surface area contributed by atoms with Crippen LogP contribution in [0.1, 0.15) is 118 Å². The highest BCUT2D eigenvalue weighted by atomic mass is 16.6. The summed E-state index contributed by atoms with van der Waals surface area (Å²) < 4.78 is 10.2. The van der Waals surface area contributed by atoms with Gasteiger partial charge in [-0.05, 0) is 79.4 Å². The average Bonchev–Trinajstić information content (AvgIpc) is 3.14. The summed E-state index contributed by atoms with van der Waals surface area (Å²) in [6, 6.07) is 17.8. The predicted molar refractivity (Wildman–Crippen MR) is 224 cm³/mol. The van der Waals surface area contributed by atoms with E-state index in [2.05, 4.69) is 26.6 Å². The minimum Gasteiger partial charge on any atom is -0.480 e.